The molecule has 0 amide bonds. The number of carbonyl (C=O) groups excluding carboxylic acids is 2. The van der Waals surface area contributed by atoms with E-state index < -0.39 is 12.0 Å². The molecule has 5 aromatic rings. The summed E-state index contributed by atoms with van der Waals surface area (Å²) in [6.07, 6.45) is 0.374. The third-order valence-electron chi connectivity index (χ3n) is 7.63. The number of anilines is 2. The maximum atomic E-state index is 13.2. The molecule has 0 saturated heterocycles. The van der Waals surface area contributed by atoms with E-state index in [1.807, 2.05) is 60.7 Å². The summed E-state index contributed by atoms with van der Waals surface area (Å²) in [5, 5.41) is 3.27. The minimum Gasteiger partial charge on any atom is -0.492 e. The predicted molar refractivity (Wildman–Crippen MR) is 180 cm³/mol. The van der Waals surface area contributed by atoms with Crippen molar-refractivity contribution in [3.63, 3.8) is 0 Å². The zero-order valence-corrected chi connectivity index (χ0v) is 25.7. The van der Waals surface area contributed by atoms with E-state index in [0.29, 0.717) is 29.8 Å². The molecule has 0 aliphatic heterocycles. The number of para-hydroxylation sites is 1. The third-order valence-corrected chi connectivity index (χ3v) is 7.63. The van der Waals surface area contributed by atoms with Crippen LogP contribution in [-0.4, -0.2) is 38.1 Å². The highest BCUT2D eigenvalue weighted by Gasteiger charge is 2.22. The van der Waals surface area contributed by atoms with Crippen molar-refractivity contribution in [1.29, 1.82) is 0 Å². The van der Waals surface area contributed by atoms with Gasteiger partial charge in [0.2, 0.25) is 0 Å². The Morgan fingerprint density at radius 1 is 0.733 bits per heavy atom. The van der Waals surface area contributed by atoms with Gasteiger partial charge in [-0.25, -0.2) is 4.79 Å². The largest absolute Gasteiger partial charge is 0.492 e. The van der Waals surface area contributed by atoms with Gasteiger partial charge in [0.15, 0.2) is 5.78 Å². The fourth-order valence-corrected chi connectivity index (χ4v) is 5.17. The molecule has 0 aliphatic carbocycles. The van der Waals surface area contributed by atoms with Gasteiger partial charge < -0.3 is 19.7 Å². The van der Waals surface area contributed by atoms with Crippen molar-refractivity contribution in [3.8, 4) is 5.75 Å². The van der Waals surface area contributed by atoms with Crippen LogP contribution in [-0.2, 0) is 22.5 Å². The van der Waals surface area contributed by atoms with Gasteiger partial charge in [-0.2, -0.15) is 0 Å². The number of hydrogen-bond acceptors (Lipinski definition) is 6. The Labute approximate surface area is 265 Å². The van der Waals surface area contributed by atoms with Gasteiger partial charge in [0.1, 0.15) is 18.4 Å². The van der Waals surface area contributed by atoms with Gasteiger partial charge in [-0.15, -0.1) is 0 Å². The maximum Gasteiger partial charge on any atom is 0.328 e. The molecule has 0 aliphatic rings. The van der Waals surface area contributed by atoms with Crippen molar-refractivity contribution in [3.05, 3.63) is 161 Å². The third kappa shape index (κ3) is 8.61. The van der Waals surface area contributed by atoms with Gasteiger partial charge in [0.05, 0.1) is 13.7 Å². The summed E-state index contributed by atoms with van der Waals surface area (Å²) in [5.74, 6) is 0.226. The van der Waals surface area contributed by atoms with Crippen LogP contribution in [0.5, 0.6) is 5.75 Å². The Balaban J connectivity index is 1.22. The van der Waals surface area contributed by atoms with Crippen LogP contribution in [0.1, 0.15) is 32.6 Å². The van der Waals surface area contributed by atoms with Crippen molar-refractivity contribution >= 4 is 23.1 Å². The van der Waals surface area contributed by atoms with E-state index in [2.05, 4.69) is 65.7 Å². The summed E-state index contributed by atoms with van der Waals surface area (Å²) in [6.45, 7) is 4.11. The van der Waals surface area contributed by atoms with Crippen LogP contribution in [0.15, 0.2) is 133 Å². The summed E-state index contributed by atoms with van der Waals surface area (Å²) < 4.78 is 11.3. The van der Waals surface area contributed by atoms with Gasteiger partial charge >= 0.3 is 5.97 Å². The molecule has 0 bridgehead atoms. The normalized spacial score (nSPS) is 11.3. The molecule has 0 radical (unpaired) electrons. The molecule has 0 unspecified atom stereocenters. The van der Waals surface area contributed by atoms with Crippen molar-refractivity contribution in [1.82, 2.24) is 0 Å². The summed E-state index contributed by atoms with van der Waals surface area (Å²) >= 11 is 0. The highest BCUT2D eigenvalue weighted by Crippen LogP contribution is 2.23. The molecule has 0 fully saturated rings. The Morgan fingerprint density at radius 3 is 2.07 bits per heavy atom. The smallest absolute Gasteiger partial charge is 0.328 e. The molecule has 228 valence electrons. The number of methoxy groups -OCH3 is 1. The molecule has 0 saturated carbocycles. The van der Waals surface area contributed by atoms with Crippen molar-refractivity contribution in [2.45, 2.75) is 25.9 Å². The van der Waals surface area contributed by atoms with E-state index in [1.54, 1.807) is 24.3 Å². The molecule has 6 nitrogen and oxygen atoms in total. The van der Waals surface area contributed by atoms with Crippen LogP contribution in [0.2, 0.25) is 0 Å². The number of carbonyl (C=O) groups is 2. The highest BCUT2D eigenvalue weighted by molar-refractivity contribution is 6.12. The molecule has 5 aromatic carbocycles. The monoisotopic (exact) mass is 598 g/mol. The average molecular weight is 599 g/mol. The average Bonchev–Trinajstić information content (AvgIpc) is 3.09. The lowest BCUT2D eigenvalue weighted by molar-refractivity contribution is -0.141. The molecular weight excluding hydrogens is 560 g/mol. The van der Waals surface area contributed by atoms with Gasteiger partial charge in [0, 0.05) is 35.5 Å². The van der Waals surface area contributed by atoms with E-state index in [9.17, 15) is 9.59 Å². The highest BCUT2D eigenvalue weighted by atomic mass is 16.5. The molecule has 1 N–H and O–H groups in total. The molecule has 0 aromatic heterocycles. The standard InChI is InChI=1S/C39H38N2O4/c1-29-17-21-33(22-18-29)41(28-31-11-5-3-6-12-31)25-26-45-34-23-19-30(20-24-34)27-37(39(43)44-2)40-36-16-10-9-15-35(36)38(42)32-13-7-4-8-14-32/h3-24,37,40H,25-28H2,1-2H3/t37-/m0/s1. The number of esters is 1. The van der Waals surface area contributed by atoms with E-state index in [4.69, 9.17) is 9.47 Å². The zero-order chi connectivity index (χ0) is 31.4. The van der Waals surface area contributed by atoms with Gasteiger partial charge in [-0.3, -0.25) is 4.79 Å². The number of ether oxygens (including phenoxy) is 2. The van der Waals surface area contributed by atoms with Crippen LogP contribution in [0.4, 0.5) is 11.4 Å². The van der Waals surface area contributed by atoms with Crippen LogP contribution < -0.4 is 15.0 Å². The van der Waals surface area contributed by atoms with Gasteiger partial charge in [0.25, 0.3) is 0 Å². The Kier molecular flexibility index (Phi) is 10.6. The number of hydrogen-bond donors (Lipinski definition) is 1. The molecule has 0 spiro atoms. The Bertz CT molecular complexity index is 1670. The second-order valence-electron chi connectivity index (χ2n) is 10.9. The van der Waals surface area contributed by atoms with Crippen LogP contribution in [0, 0.1) is 6.92 Å². The fourth-order valence-electron chi connectivity index (χ4n) is 5.17. The summed E-state index contributed by atoms with van der Waals surface area (Å²) in [4.78, 5) is 28.4. The maximum absolute atomic E-state index is 13.2. The SMILES string of the molecule is COC(=O)[C@H](Cc1ccc(OCCN(Cc2ccccc2)c2ccc(C)cc2)cc1)Nc1ccccc1C(=O)c1ccccc1. The van der Waals surface area contributed by atoms with Crippen LogP contribution in [0.3, 0.4) is 0 Å². The number of nitrogens with zero attached hydrogens (tertiary/aromatic N) is 1. The number of ketones is 1. The lowest BCUT2D eigenvalue weighted by atomic mass is 10.00. The number of nitrogens with one attached hydrogen (secondary N) is 1. The van der Waals surface area contributed by atoms with Gasteiger partial charge in [-0.05, 0) is 54.4 Å². The number of rotatable bonds is 14. The van der Waals surface area contributed by atoms with Crippen molar-refractivity contribution < 1.29 is 19.1 Å². The zero-order valence-electron chi connectivity index (χ0n) is 25.7. The van der Waals surface area contributed by atoms with Crippen molar-refractivity contribution in [2.24, 2.45) is 0 Å². The predicted octanol–water partition coefficient (Wildman–Crippen LogP) is 7.51. The van der Waals surface area contributed by atoms with Crippen LogP contribution >= 0.6 is 0 Å². The van der Waals surface area contributed by atoms with E-state index in [0.717, 1.165) is 30.1 Å². The summed E-state index contributed by atoms with van der Waals surface area (Å²) in [6, 6.07) is 42.4. The lowest BCUT2D eigenvalue weighted by Crippen LogP contribution is -2.33. The quantitative estimate of drug-likeness (QED) is 0.105. The van der Waals surface area contributed by atoms with Crippen molar-refractivity contribution in [2.75, 3.05) is 30.5 Å². The first kappa shape index (κ1) is 31.1. The number of aryl methyl sites for hydroxylation is 1. The first-order valence-electron chi connectivity index (χ1n) is 15.1. The molecular formula is C39H38N2O4. The minimum absolute atomic E-state index is 0.117. The van der Waals surface area contributed by atoms with Gasteiger partial charge in [-0.1, -0.05) is 103 Å². The van der Waals surface area contributed by atoms with E-state index >= 15 is 0 Å². The minimum atomic E-state index is -0.687. The molecule has 1 atom stereocenters. The first-order chi connectivity index (χ1) is 22.0. The molecule has 0 heterocycles. The topological polar surface area (TPSA) is 67.9 Å². The molecule has 45 heavy (non-hydrogen) atoms. The Morgan fingerprint density at radius 2 is 1.38 bits per heavy atom. The number of benzene rings is 5. The Hall–Kier alpha value is -5.36. The summed E-state index contributed by atoms with van der Waals surface area (Å²) in [5.41, 5.74) is 6.20. The van der Waals surface area contributed by atoms with Crippen LogP contribution in [0.25, 0.3) is 0 Å². The molecule has 6 heteroatoms. The van der Waals surface area contributed by atoms with E-state index in [1.165, 1.54) is 18.2 Å². The van der Waals surface area contributed by atoms with E-state index in [-0.39, 0.29) is 5.78 Å². The second kappa shape index (κ2) is 15.4. The second-order valence-corrected chi connectivity index (χ2v) is 10.9. The molecule has 5 rings (SSSR count). The summed E-state index contributed by atoms with van der Waals surface area (Å²) in [7, 11) is 1.37. The lowest BCUT2D eigenvalue weighted by Gasteiger charge is -2.25. The first-order valence-corrected chi connectivity index (χ1v) is 15.1. The fraction of sp³-hybridized carbons (Fsp3) is 0.179.